The number of esters is 1. The Labute approximate surface area is 143 Å². The van der Waals surface area contributed by atoms with Crippen LogP contribution in [0.3, 0.4) is 0 Å². The standard InChI is InChI=1S/C18H16N2O5/c1-24-13-7-8-17(16(10-13)20(22)23)25-18(21)9-6-12-11-19-15-5-3-2-4-14(12)15/h2-5,7-8,10-11,19H,6,9H2,1H3. The number of rotatable bonds is 6. The Morgan fingerprint density at radius 1 is 1.24 bits per heavy atom. The van der Waals surface area contributed by atoms with Crippen molar-refractivity contribution in [2.75, 3.05) is 7.11 Å². The molecule has 0 atom stereocenters. The number of hydrogen-bond acceptors (Lipinski definition) is 5. The van der Waals surface area contributed by atoms with Crippen LogP contribution in [0.25, 0.3) is 10.9 Å². The fourth-order valence-corrected chi connectivity index (χ4v) is 2.60. The zero-order chi connectivity index (χ0) is 17.8. The van der Waals surface area contributed by atoms with Crippen LogP contribution in [0.1, 0.15) is 12.0 Å². The Balaban J connectivity index is 1.69. The van der Waals surface area contributed by atoms with E-state index >= 15 is 0 Å². The third-order valence-electron chi connectivity index (χ3n) is 3.86. The Kier molecular flexibility index (Phi) is 4.65. The molecular weight excluding hydrogens is 324 g/mol. The molecule has 1 N–H and O–H groups in total. The normalized spacial score (nSPS) is 10.6. The van der Waals surface area contributed by atoms with Gasteiger partial charge in [0.25, 0.3) is 0 Å². The van der Waals surface area contributed by atoms with Crippen molar-refractivity contribution in [1.29, 1.82) is 0 Å². The molecule has 0 aliphatic carbocycles. The van der Waals surface area contributed by atoms with E-state index in [-0.39, 0.29) is 17.9 Å². The maximum atomic E-state index is 12.1. The van der Waals surface area contributed by atoms with Crippen LogP contribution in [-0.4, -0.2) is 23.0 Å². The zero-order valence-corrected chi connectivity index (χ0v) is 13.5. The van der Waals surface area contributed by atoms with E-state index in [1.54, 1.807) is 0 Å². The summed E-state index contributed by atoms with van der Waals surface area (Å²) in [5.74, 6) is -0.293. The van der Waals surface area contributed by atoms with E-state index in [2.05, 4.69) is 4.98 Å². The molecule has 0 fully saturated rings. The summed E-state index contributed by atoms with van der Waals surface area (Å²) >= 11 is 0. The predicted molar refractivity (Wildman–Crippen MR) is 91.9 cm³/mol. The number of carbonyl (C=O) groups is 1. The highest BCUT2D eigenvalue weighted by molar-refractivity contribution is 5.84. The second kappa shape index (κ2) is 7.04. The Hall–Kier alpha value is -3.35. The van der Waals surface area contributed by atoms with Gasteiger partial charge in [-0.3, -0.25) is 14.9 Å². The summed E-state index contributed by atoms with van der Waals surface area (Å²) in [5.41, 5.74) is 1.69. The van der Waals surface area contributed by atoms with Crippen LogP contribution >= 0.6 is 0 Å². The molecule has 0 aliphatic rings. The lowest BCUT2D eigenvalue weighted by molar-refractivity contribution is -0.385. The highest BCUT2D eigenvalue weighted by atomic mass is 16.6. The predicted octanol–water partition coefficient (Wildman–Crippen LogP) is 3.62. The maximum absolute atomic E-state index is 12.1. The first-order chi connectivity index (χ1) is 12.1. The molecule has 7 heteroatoms. The number of fused-ring (bicyclic) bond motifs is 1. The van der Waals surface area contributed by atoms with E-state index in [9.17, 15) is 14.9 Å². The number of aromatic amines is 1. The molecular formula is C18H16N2O5. The first-order valence-electron chi connectivity index (χ1n) is 7.66. The van der Waals surface area contributed by atoms with Crippen molar-refractivity contribution >= 4 is 22.6 Å². The molecule has 0 saturated heterocycles. The van der Waals surface area contributed by atoms with Gasteiger partial charge in [-0.15, -0.1) is 0 Å². The summed E-state index contributed by atoms with van der Waals surface area (Å²) in [4.78, 5) is 25.7. The maximum Gasteiger partial charge on any atom is 0.315 e. The molecule has 0 unspecified atom stereocenters. The molecule has 1 aromatic heterocycles. The van der Waals surface area contributed by atoms with Gasteiger partial charge in [0.1, 0.15) is 5.75 Å². The van der Waals surface area contributed by atoms with Gasteiger partial charge in [-0.05, 0) is 30.2 Å². The van der Waals surface area contributed by atoms with Crippen molar-refractivity contribution in [3.05, 3.63) is 64.3 Å². The molecule has 25 heavy (non-hydrogen) atoms. The monoisotopic (exact) mass is 340 g/mol. The molecule has 3 rings (SSSR count). The lowest BCUT2D eigenvalue weighted by Crippen LogP contribution is -2.10. The van der Waals surface area contributed by atoms with Gasteiger partial charge in [0.2, 0.25) is 5.75 Å². The van der Waals surface area contributed by atoms with Gasteiger partial charge in [-0.25, -0.2) is 0 Å². The highest BCUT2D eigenvalue weighted by Gasteiger charge is 2.19. The van der Waals surface area contributed by atoms with E-state index in [0.29, 0.717) is 12.2 Å². The van der Waals surface area contributed by atoms with Gasteiger partial charge < -0.3 is 14.5 Å². The minimum atomic E-state index is -0.606. The lowest BCUT2D eigenvalue weighted by Gasteiger charge is -2.06. The number of ether oxygens (including phenoxy) is 2. The molecule has 0 aliphatic heterocycles. The molecule has 128 valence electrons. The zero-order valence-electron chi connectivity index (χ0n) is 13.5. The Bertz CT molecular complexity index is 932. The van der Waals surface area contributed by atoms with Gasteiger partial charge in [-0.1, -0.05) is 18.2 Å². The number of nitro groups is 1. The minimum Gasteiger partial charge on any atom is -0.496 e. The molecule has 1 heterocycles. The molecule has 0 amide bonds. The fraction of sp³-hybridized carbons (Fsp3) is 0.167. The van der Waals surface area contributed by atoms with E-state index < -0.39 is 10.9 Å². The largest absolute Gasteiger partial charge is 0.496 e. The van der Waals surface area contributed by atoms with Crippen LogP contribution in [0, 0.1) is 10.1 Å². The van der Waals surface area contributed by atoms with Crippen molar-refractivity contribution in [1.82, 2.24) is 4.98 Å². The third kappa shape index (κ3) is 3.60. The van der Waals surface area contributed by atoms with Gasteiger partial charge >= 0.3 is 11.7 Å². The third-order valence-corrected chi connectivity index (χ3v) is 3.86. The van der Waals surface area contributed by atoms with Crippen molar-refractivity contribution in [3.8, 4) is 11.5 Å². The van der Waals surface area contributed by atoms with Crippen LogP contribution in [0.2, 0.25) is 0 Å². The van der Waals surface area contributed by atoms with E-state index in [1.807, 2.05) is 30.5 Å². The lowest BCUT2D eigenvalue weighted by atomic mass is 10.1. The van der Waals surface area contributed by atoms with Crippen molar-refractivity contribution in [3.63, 3.8) is 0 Å². The van der Waals surface area contributed by atoms with Gasteiger partial charge in [0, 0.05) is 17.1 Å². The van der Waals surface area contributed by atoms with Gasteiger partial charge in [0.05, 0.1) is 24.5 Å². The topological polar surface area (TPSA) is 94.5 Å². The van der Waals surface area contributed by atoms with Gasteiger partial charge in [-0.2, -0.15) is 0 Å². The van der Waals surface area contributed by atoms with Crippen molar-refractivity contribution < 1.29 is 19.2 Å². The number of nitro benzene ring substituents is 1. The number of para-hydroxylation sites is 1. The molecule has 0 saturated carbocycles. The van der Waals surface area contributed by atoms with Crippen LogP contribution in [-0.2, 0) is 11.2 Å². The van der Waals surface area contributed by atoms with Gasteiger partial charge in [0.15, 0.2) is 0 Å². The first-order valence-corrected chi connectivity index (χ1v) is 7.66. The smallest absolute Gasteiger partial charge is 0.315 e. The second-order valence-corrected chi connectivity index (χ2v) is 5.42. The summed E-state index contributed by atoms with van der Waals surface area (Å²) in [6.45, 7) is 0. The summed E-state index contributed by atoms with van der Waals surface area (Å²) in [5, 5.41) is 12.2. The van der Waals surface area contributed by atoms with Crippen molar-refractivity contribution in [2.45, 2.75) is 12.8 Å². The van der Waals surface area contributed by atoms with E-state index in [1.165, 1.54) is 25.3 Å². The molecule has 0 spiro atoms. The summed E-state index contributed by atoms with van der Waals surface area (Å²) in [6, 6.07) is 11.9. The quantitative estimate of drug-likeness (QED) is 0.320. The van der Waals surface area contributed by atoms with Crippen LogP contribution in [0.15, 0.2) is 48.7 Å². The van der Waals surface area contributed by atoms with Crippen LogP contribution in [0.4, 0.5) is 5.69 Å². The number of nitrogens with one attached hydrogen (secondary N) is 1. The number of nitrogens with zero attached hydrogens (tertiary/aromatic N) is 1. The minimum absolute atomic E-state index is 0.0882. The molecule has 2 aromatic carbocycles. The second-order valence-electron chi connectivity index (χ2n) is 5.42. The molecule has 3 aromatic rings. The van der Waals surface area contributed by atoms with E-state index in [0.717, 1.165) is 16.5 Å². The highest BCUT2D eigenvalue weighted by Crippen LogP contribution is 2.31. The SMILES string of the molecule is COc1ccc(OC(=O)CCc2c[nH]c3ccccc23)c([N+](=O)[O-])c1. The number of H-pyrrole nitrogens is 1. The Morgan fingerprint density at radius 3 is 2.80 bits per heavy atom. The van der Waals surface area contributed by atoms with Crippen LogP contribution in [0.5, 0.6) is 11.5 Å². The average Bonchev–Trinajstić information content (AvgIpc) is 3.03. The number of carbonyl (C=O) groups excluding carboxylic acids is 1. The summed E-state index contributed by atoms with van der Waals surface area (Å²) in [6.07, 6.45) is 2.45. The summed E-state index contributed by atoms with van der Waals surface area (Å²) in [7, 11) is 1.41. The van der Waals surface area contributed by atoms with Crippen molar-refractivity contribution in [2.24, 2.45) is 0 Å². The molecule has 0 bridgehead atoms. The molecule has 0 radical (unpaired) electrons. The number of aromatic nitrogens is 1. The number of benzene rings is 2. The Morgan fingerprint density at radius 2 is 2.04 bits per heavy atom. The fourth-order valence-electron chi connectivity index (χ4n) is 2.60. The van der Waals surface area contributed by atoms with E-state index in [4.69, 9.17) is 9.47 Å². The average molecular weight is 340 g/mol. The molecule has 7 nitrogen and oxygen atoms in total. The number of hydrogen-bond donors (Lipinski definition) is 1. The summed E-state index contributed by atoms with van der Waals surface area (Å²) < 4.78 is 10.1. The first kappa shape index (κ1) is 16.5. The number of aryl methyl sites for hydroxylation is 1. The van der Waals surface area contributed by atoms with Crippen LogP contribution < -0.4 is 9.47 Å². The number of methoxy groups -OCH3 is 1.